The van der Waals surface area contributed by atoms with Crippen LogP contribution in [0, 0.1) is 5.82 Å². The standard InChI is InChI=1S/C16H15ClFN3S/c1-21-9-8-19-16(21)15(11-2-4-12(18)5-3-11)20-10-13-6-7-14(17)22-13/h2-9,15,20H,10H2,1H3/t15-/m1/s1. The number of aryl methyl sites for hydroxylation is 1. The third kappa shape index (κ3) is 3.38. The summed E-state index contributed by atoms with van der Waals surface area (Å²) in [6, 6.07) is 10.3. The van der Waals surface area contributed by atoms with Crippen molar-refractivity contribution in [2.45, 2.75) is 12.6 Å². The van der Waals surface area contributed by atoms with E-state index < -0.39 is 0 Å². The van der Waals surface area contributed by atoms with Gasteiger partial charge in [-0.25, -0.2) is 9.37 Å². The molecule has 3 rings (SSSR count). The highest BCUT2D eigenvalue weighted by Gasteiger charge is 2.18. The van der Waals surface area contributed by atoms with Crippen LogP contribution in [-0.2, 0) is 13.6 Å². The van der Waals surface area contributed by atoms with Crippen LogP contribution in [-0.4, -0.2) is 9.55 Å². The zero-order valence-corrected chi connectivity index (χ0v) is 13.5. The Hall–Kier alpha value is -1.69. The van der Waals surface area contributed by atoms with Crippen LogP contribution in [0.15, 0.2) is 48.8 Å². The molecule has 3 nitrogen and oxygen atoms in total. The second kappa shape index (κ2) is 6.60. The number of imidazole rings is 1. The Kier molecular flexibility index (Phi) is 4.57. The van der Waals surface area contributed by atoms with E-state index in [0.29, 0.717) is 6.54 Å². The molecule has 2 aromatic heterocycles. The number of hydrogen-bond donors (Lipinski definition) is 1. The first-order valence-corrected chi connectivity index (χ1v) is 8.03. The lowest BCUT2D eigenvalue weighted by molar-refractivity contribution is 0.559. The summed E-state index contributed by atoms with van der Waals surface area (Å²) in [4.78, 5) is 5.56. The monoisotopic (exact) mass is 335 g/mol. The third-order valence-corrected chi connectivity index (χ3v) is 4.66. The Balaban J connectivity index is 1.86. The highest BCUT2D eigenvalue weighted by molar-refractivity contribution is 7.16. The predicted molar refractivity (Wildman–Crippen MR) is 87.6 cm³/mol. The van der Waals surface area contributed by atoms with Crippen LogP contribution in [0.5, 0.6) is 0 Å². The Labute approximate surface area is 137 Å². The van der Waals surface area contributed by atoms with Crippen LogP contribution in [0.2, 0.25) is 4.34 Å². The minimum atomic E-state index is -0.243. The minimum Gasteiger partial charge on any atom is -0.336 e. The lowest BCUT2D eigenvalue weighted by Gasteiger charge is -2.19. The summed E-state index contributed by atoms with van der Waals surface area (Å²) in [5.41, 5.74) is 0.971. The molecule has 1 atom stereocenters. The van der Waals surface area contributed by atoms with Gasteiger partial charge in [0.05, 0.1) is 10.4 Å². The summed E-state index contributed by atoms with van der Waals surface area (Å²) >= 11 is 7.51. The fourth-order valence-corrected chi connectivity index (χ4v) is 3.36. The minimum absolute atomic E-state index is 0.110. The van der Waals surface area contributed by atoms with Gasteiger partial charge in [0.25, 0.3) is 0 Å². The van der Waals surface area contributed by atoms with E-state index in [1.807, 2.05) is 29.9 Å². The highest BCUT2D eigenvalue weighted by atomic mass is 35.5. The van der Waals surface area contributed by atoms with Crippen molar-refractivity contribution in [2.24, 2.45) is 7.05 Å². The Bertz CT molecular complexity index is 751. The smallest absolute Gasteiger partial charge is 0.130 e. The van der Waals surface area contributed by atoms with Crippen molar-refractivity contribution in [3.63, 3.8) is 0 Å². The van der Waals surface area contributed by atoms with Crippen LogP contribution in [0.25, 0.3) is 0 Å². The third-order valence-electron chi connectivity index (χ3n) is 3.43. The van der Waals surface area contributed by atoms with Crippen LogP contribution >= 0.6 is 22.9 Å². The molecule has 0 bridgehead atoms. The number of hydrogen-bond acceptors (Lipinski definition) is 3. The summed E-state index contributed by atoms with van der Waals surface area (Å²) in [5.74, 6) is 0.640. The molecule has 0 fully saturated rings. The number of aromatic nitrogens is 2. The average Bonchev–Trinajstić information content (AvgIpc) is 3.10. The average molecular weight is 336 g/mol. The Morgan fingerprint density at radius 3 is 2.64 bits per heavy atom. The van der Waals surface area contributed by atoms with Gasteiger partial charge in [0.15, 0.2) is 0 Å². The van der Waals surface area contributed by atoms with Gasteiger partial charge in [0.1, 0.15) is 11.6 Å². The van der Waals surface area contributed by atoms with Crippen molar-refractivity contribution >= 4 is 22.9 Å². The van der Waals surface area contributed by atoms with Gasteiger partial charge in [-0.15, -0.1) is 11.3 Å². The quantitative estimate of drug-likeness (QED) is 0.759. The number of thiophene rings is 1. The summed E-state index contributed by atoms with van der Waals surface area (Å²) in [5, 5.41) is 3.47. The maximum absolute atomic E-state index is 13.2. The highest BCUT2D eigenvalue weighted by Crippen LogP contribution is 2.24. The van der Waals surface area contributed by atoms with Gasteiger partial charge in [0.2, 0.25) is 0 Å². The van der Waals surface area contributed by atoms with Gasteiger partial charge in [-0.05, 0) is 29.8 Å². The fourth-order valence-electron chi connectivity index (χ4n) is 2.32. The first kappa shape index (κ1) is 15.2. The van der Waals surface area contributed by atoms with E-state index in [2.05, 4.69) is 10.3 Å². The first-order chi connectivity index (χ1) is 10.6. The van der Waals surface area contributed by atoms with Crippen molar-refractivity contribution < 1.29 is 4.39 Å². The molecular weight excluding hydrogens is 321 g/mol. The molecule has 0 saturated carbocycles. The van der Waals surface area contributed by atoms with Gasteiger partial charge in [-0.1, -0.05) is 23.7 Å². The maximum Gasteiger partial charge on any atom is 0.130 e. The molecule has 3 aromatic rings. The molecular formula is C16H15ClFN3S. The molecule has 0 aliphatic rings. The zero-order valence-electron chi connectivity index (χ0n) is 12.0. The summed E-state index contributed by atoms with van der Waals surface area (Å²) in [6.45, 7) is 0.673. The first-order valence-electron chi connectivity index (χ1n) is 6.84. The molecule has 0 radical (unpaired) electrons. The number of nitrogens with zero attached hydrogens (tertiary/aromatic N) is 2. The molecule has 114 valence electrons. The molecule has 0 saturated heterocycles. The summed E-state index contributed by atoms with van der Waals surface area (Å²) in [7, 11) is 1.95. The van der Waals surface area contributed by atoms with E-state index in [1.165, 1.54) is 12.1 Å². The van der Waals surface area contributed by atoms with Crippen LogP contribution < -0.4 is 5.32 Å². The second-order valence-corrected chi connectivity index (χ2v) is 6.77. The molecule has 0 aliphatic heterocycles. The van der Waals surface area contributed by atoms with Gasteiger partial charge >= 0.3 is 0 Å². The normalized spacial score (nSPS) is 12.5. The van der Waals surface area contributed by atoms with E-state index >= 15 is 0 Å². The summed E-state index contributed by atoms with van der Waals surface area (Å²) < 4.78 is 15.9. The molecule has 0 amide bonds. The molecule has 6 heteroatoms. The second-order valence-electron chi connectivity index (χ2n) is 4.97. The van der Waals surface area contributed by atoms with E-state index in [0.717, 1.165) is 20.6 Å². The molecule has 22 heavy (non-hydrogen) atoms. The van der Waals surface area contributed by atoms with Gasteiger partial charge < -0.3 is 4.57 Å². The SMILES string of the molecule is Cn1ccnc1[C@H](NCc1ccc(Cl)s1)c1ccc(F)cc1. The van der Waals surface area contributed by atoms with Crippen LogP contribution in [0.4, 0.5) is 4.39 Å². The van der Waals surface area contributed by atoms with Crippen LogP contribution in [0.1, 0.15) is 22.3 Å². The van der Waals surface area contributed by atoms with E-state index in [-0.39, 0.29) is 11.9 Å². The van der Waals surface area contributed by atoms with Crippen molar-refractivity contribution in [1.29, 1.82) is 0 Å². The van der Waals surface area contributed by atoms with E-state index in [1.54, 1.807) is 29.7 Å². The number of rotatable bonds is 5. The predicted octanol–water partition coefficient (Wildman–Crippen LogP) is 4.15. The molecule has 1 aromatic carbocycles. The van der Waals surface area contributed by atoms with Gasteiger partial charge in [-0.2, -0.15) is 0 Å². The molecule has 1 N–H and O–H groups in total. The van der Waals surface area contributed by atoms with Crippen molar-refractivity contribution in [2.75, 3.05) is 0 Å². The number of nitrogens with one attached hydrogen (secondary N) is 1. The van der Waals surface area contributed by atoms with E-state index in [9.17, 15) is 4.39 Å². The Morgan fingerprint density at radius 2 is 2.05 bits per heavy atom. The Morgan fingerprint density at radius 1 is 1.27 bits per heavy atom. The van der Waals surface area contributed by atoms with Gasteiger partial charge in [0, 0.05) is 30.9 Å². The van der Waals surface area contributed by atoms with E-state index in [4.69, 9.17) is 11.6 Å². The fraction of sp³-hybridized carbons (Fsp3) is 0.188. The van der Waals surface area contributed by atoms with Crippen molar-refractivity contribution in [3.8, 4) is 0 Å². The molecule has 2 heterocycles. The maximum atomic E-state index is 13.2. The largest absolute Gasteiger partial charge is 0.336 e. The molecule has 0 aliphatic carbocycles. The topological polar surface area (TPSA) is 29.9 Å². The molecule has 0 unspecified atom stereocenters. The summed E-state index contributed by atoms with van der Waals surface area (Å²) in [6.07, 6.45) is 3.66. The molecule has 0 spiro atoms. The lowest BCUT2D eigenvalue weighted by atomic mass is 10.1. The van der Waals surface area contributed by atoms with Crippen molar-refractivity contribution in [1.82, 2.24) is 14.9 Å². The van der Waals surface area contributed by atoms with Crippen molar-refractivity contribution in [3.05, 3.63) is 75.2 Å². The van der Waals surface area contributed by atoms with Crippen LogP contribution in [0.3, 0.4) is 0 Å². The lowest BCUT2D eigenvalue weighted by Crippen LogP contribution is -2.24. The van der Waals surface area contributed by atoms with Gasteiger partial charge in [-0.3, -0.25) is 5.32 Å². The zero-order chi connectivity index (χ0) is 15.5. The number of halogens is 2. The number of benzene rings is 1.